The lowest BCUT2D eigenvalue weighted by molar-refractivity contribution is -0.121. The van der Waals surface area contributed by atoms with Gasteiger partial charge in [-0.1, -0.05) is 18.9 Å². The van der Waals surface area contributed by atoms with E-state index in [-0.39, 0.29) is 29.4 Å². The molecule has 1 saturated carbocycles. The Hall–Kier alpha value is -3.36. The fourth-order valence-electron chi connectivity index (χ4n) is 6.46. The Kier molecular flexibility index (Phi) is 5.76. The van der Waals surface area contributed by atoms with E-state index in [0.29, 0.717) is 24.7 Å². The average molecular weight is 506 g/mol. The first-order valence-electron chi connectivity index (χ1n) is 13.5. The molecule has 2 atom stereocenters. The van der Waals surface area contributed by atoms with Gasteiger partial charge in [-0.15, -0.1) is 0 Å². The predicted molar refractivity (Wildman–Crippen MR) is 141 cm³/mol. The van der Waals surface area contributed by atoms with E-state index in [2.05, 4.69) is 4.98 Å². The fourth-order valence-corrected chi connectivity index (χ4v) is 6.46. The molecule has 9 heteroatoms. The number of fused-ring (bicyclic) bond motifs is 4. The van der Waals surface area contributed by atoms with Crippen molar-refractivity contribution in [2.45, 2.75) is 70.8 Å². The number of likely N-dealkylation sites (tertiary alicyclic amines) is 1. The van der Waals surface area contributed by atoms with Gasteiger partial charge in [0.25, 0.3) is 5.56 Å². The van der Waals surface area contributed by atoms with E-state index < -0.39 is 5.60 Å². The van der Waals surface area contributed by atoms with E-state index in [4.69, 9.17) is 9.84 Å². The van der Waals surface area contributed by atoms with Crippen LogP contribution in [0, 0.1) is 11.8 Å². The van der Waals surface area contributed by atoms with Crippen LogP contribution in [0.1, 0.15) is 70.9 Å². The molecule has 2 amide bonds. The van der Waals surface area contributed by atoms with E-state index in [0.717, 1.165) is 60.9 Å². The normalized spacial score (nSPS) is 23.2. The highest BCUT2D eigenvalue weighted by Gasteiger charge is 2.42. The Bertz CT molecular complexity index is 1430. The summed E-state index contributed by atoms with van der Waals surface area (Å²) in [5, 5.41) is 5.70. The molecule has 3 fully saturated rings. The zero-order valence-electron chi connectivity index (χ0n) is 21.8. The number of nitrogens with one attached hydrogen (secondary N) is 1. The van der Waals surface area contributed by atoms with Crippen LogP contribution in [0.25, 0.3) is 16.6 Å². The summed E-state index contributed by atoms with van der Waals surface area (Å²) in [6.07, 6.45) is 5.50. The summed E-state index contributed by atoms with van der Waals surface area (Å²) < 4.78 is 7.38. The maximum Gasteiger partial charge on any atom is 0.410 e. The summed E-state index contributed by atoms with van der Waals surface area (Å²) in [7, 11) is 0. The topological polar surface area (TPSA) is 100 Å². The minimum Gasteiger partial charge on any atom is -0.444 e. The van der Waals surface area contributed by atoms with Gasteiger partial charge in [-0.25, -0.2) is 9.31 Å². The number of aromatic amines is 1. The Morgan fingerprint density at radius 3 is 2.57 bits per heavy atom. The molecule has 2 unspecified atom stereocenters. The Morgan fingerprint density at radius 1 is 1.08 bits per heavy atom. The highest BCUT2D eigenvalue weighted by atomic mass is 16.6. The van der Waals surface area contributed by atoms with Crippen LogP contribution < -0.4 is 10.5 Å². The lowest BCUT2D eigenvalue weighted by Crippen LogP contribution is -2.41. The number of amides is 2. The van der Waals surface area contributed by atoms with E-state index in [1.807, 2.05) is 48.4 Å². The zero-order valence-corrected chi connectivity index (χ0v) is 21.8. The van der Waals surface area contributed by atoms with Crippen LogP contribution in [0.4, 0.5) is 10.5 Å². The number of benzene rings is 1. The average Bonchev–Trinajstić information content (AvgIpc) is 3.40. The summed E-state index contributed by atoms with van der Waals surface area (Å²) in [6, 6.07) is 7.48. The molecule has 6 rings (SSSR count). The van der Waals surface area contributed by atoms with E-state index in [9.17, 15) is 14.4 Å². The number of H-pyrrole nitrogens is 1. The van der Waals surface area contributed by atoms with Crippen molar-refractivity contribution in [1.82, 2.24) is 19.5 Å². The number of carbonyl (C=O) groups is 2. The number of carbonyl (C=O) groups excluding carboxylic acids is 2. The number of anilines is 1. The van der Waals surface area contributed by atoms with Crippen LogP contribution in [0.3, 0.4) is 0 Å². The van der Waals surface area contributed by atoms with Crippen LogP contribution in [0.5, 0.6) is 0 Å². The third-order valence-corrected chi connectivity index (χ3v) is 8.21. The van der Waals surface area contributed by atoms with Gasteiger partial charge in [-0.3, -0.25) is 9.59 Å². The summed E-state index contributed by atoms with van der Waals surface area (Å²) in [4.78, 5) is 45.4. The van der Waals surface area contributed by atoms with Gasteiger partial charge in [0.15, 0.2) is 0 Å². The van der Waals surface area contributed by atoms with Gasteiger partial charge in [0.1, 0.15) is 11.2 Å². The smallest absolute Gasteiger partial charge is 0.410 e. The van der Waals surface area contributed by atoms with Crippen molar-refractivity contribution in [1.29, 1.82) is 0 Å². The molecule has 0 radical (unpaired) electrons. The summed E-state index contributed by atoms with van der Waals surface area (Å²) >= 11 is 0. The van der Waals surface area contributed by atoms with Crippen LogP contribution in [-0.4, -0.2) is 56.7 Å². The van der Waals surface area contributed by atoms with Crippen molar-refractivity contribution in [2.75, 3.05) is 24.5 Å². The first-order valence-corrected chi connectivity index (χ1v) is 13.5. The maximum atomic E-state index is 13.4. The molecule has 0 bridgehead atoms. The summed E-state index contributed by atoms with van der Waals surface area (Å²) in [5.74, 6) is 0.792. The van der Waals surface area contributed by atoms with Crippen molar-refractivity contribution in [2.24, 2.45) is 11.8 Å². The van der Waals surface area contributed by atoms with Gasteiger partial charge >= 0.3 is 6.09 Å². The quantitative estimate of drug-likeness (QED) is 0.555. The number of aromatic nitrogens is 3. The predicted octanol–water partition coefficient (Wildman–Crippen LogP) is 4.44. The number of piperidine rings is 1. The molecular weight excluding hydrogens is 470 g/mol. The van der Waals surface area contributed by atoms with E-state index >= 15 is 0 Å². The van der Waals surface area contributed by atoms with Gasteiger partial charge in [0.05, 0.1) is 22.3 Å². The van der Waals surface area contributed by atoms with Crippen LogP contribution >= 0.6 is 0 Å². The maximum absolute atomic E-state index is 13.4. The van der Waals surface area contributed by atoms with Gasteiger partial charge in [0.2, 0.25) is 5.91 Å². The molecule has 1 aromatic carbocycles. The van der Waals surface area contributed by atoms with E-state index in [1.54, 1.807) is 11.0 Å². The van der Waals surface area contributed by atoms with Gasteiger partial charge < -0.3 is 19.5 Å². The largest absolute Gasteiger partial charge is 0.444 e. The second-order valence-electron chi connectivity index (χ2n) is 11.8. The molecule has 9 nitrogen and oxygen atoms in total. The lowest BCUT2D eigenvalue weighted by atomic mass is 9.81. The molecule has 2 aliphatic heterocycles. The summed E-state index contributed by atoms with van der Waals surface area (Å²) in [6.45, 7) is 7.45. The Balaban J connectivity index is 1.34. The third kappa shape index (κ3) is 4.28. The molecule has 2 aromatic heterocycles. The van der Waals surface area contributed by atoms with Crippen molar-refractivity contribution in [3.05, 3.63) is 40.3 Å². The molecule has 37 heavy (non-hydrogen) atoms. The molecule has 1 aliphatic carbocycles. The Morgan fingerprint density at radius 2 is 1.84 bits per heavy atom. The van der Waals surface area contributed by atoms with Gasteiger partial charge in [-0.05, 0) is 64.5 Å². The van der Waals surface area contributed by atoms with Crippen LogP contribution in [0.2, 0.25) is 0 Å². The highest BCUT2D eigenvalue weighted by Crippen LogP contribution is 2.41. The van der Waals surface area contributed by atoms with Crippen molar-refractivity contribution in [3.63, 3.8) is 0 Å². The first-order chi connectivity index (χ1) is 17.7. The number of hydrogen-bond acceptors (Lipinski definition) is 5. The van der Waals surface area contributed by atoms with Crippen molar-refractivity contribution >= 4 is 34.2 Å². The molecule has 3 aliphatic rings. The van der Waals surface area contributed by atoms with Crippen LogP contribution in [-0.2, 0) is 9.53 Å². The zero-order chi connectivity index (χ0) is 25.9. The number of hydrogen-bond donors (Lipinski definition) is 1. The molecule has 0 spiro atoms. The minimum absolute atomic E-state index is 0.0811. The molecule has 2 saturated heterocycles. The third-order valence-electron chi connectivity index (χ3n) is 8.21. The second kappa shape index (κ2) is 8.89. The lowest BCUT2D eigenvalue weighted by Gasteiger charge is -2.33. The SMILES string of the molecule is CC(C)(C)OC(=O)N1CCC(c2cc(=O)[nH]c3c4c(N5CC6CCCCC6C5=O)cccc4nn23)CC1. The summed E-state index contributed by atoms with van der Waals surface area (Å²) in [5.41, 5.74) is 2.34. The molecule has 1 N–H and O–H groups in total. The number of ether oxygens (including phenoxy) is 1. The number of rotatable bonds is 2. The van der Waals surface area contributed by atoms with Crippen molar-refractivity contribution < 1.29 is 14.3 Å². The Labute approximate surface area is 215 Å². The molecule has 196 valence electrons. The van der Waals surface area contributed by atoms with E-state index in [1.165, 1.54) is 6.42 Å². The van der Waals surface area contributed by atoms with Gasteiger partial charge in [0, 0.05) is 37.5 Å². The number of nitrogens with zero attached hydrogens (tertiary/aromatic N) is 4. The molecule has 3 aromatic rings. The van der Waals surface area contributed by atoms with Gasteiger partial charge in [-0.2, -0.15) is 5.10 Å². The van der Waals surface area contributed by atoms with Crippen molar-refractivity contribution in [3.8, 4) is 0 Å². The minimum atomic E-state index is -0.534. The molecule has 4 heterocycles. The first kappa shape index (κ1) is 24.0. The van der Waals surface area contributed by atoms with Crippen LogP contribution in [0.15, 0.2) is 29.1 Å². The second-order valence-corrected chi connectivity index (χ2v) is 11.8. The monoisotopic (exact) mass is 505 g/mol. The highest BCUT2D eigenvalue weighted by molar-refractivity contribution is 6.10. The molecular formula is C28H35N5O4. The fraction of sp³-hybridized carbons (Fsp3) is 0.571. The standard InChI is InChI=1S/C28H35N5O4/c1-28(2,3)37-27(36)31-13-11-17(12-14-31)22-15-23(34)29-25-24-20(30-33(22)25)9-6-10-21(24)32-16-18-7-4-5-8-19(18)26(32)35/h6,9-10,15,17-19H,4-5,7-8,11-14,16H2,1-3H3,(H,29,34).